The lowest BCUT2D eigenvalue weighted by Gasteiger charge is -2.36. The summed E-state index contributed by atoms with van der Waals surface area (Å²) < 4.78 is 2.36. The number of aromatic amines is 1. The SMILES string of the molecule is Cc1ccccc1N1CCN(C(=O)c2[nH]nc3c2CSc2sc(Br)cc2-3)CC1. The van der Waals surface area contributed by atoms with Gasteiger partial charge in [0.1, 0.15) is 5.69 Å². The van der Waals surface area contributed by atoms with Crippen LogP contribution >= 0.6 is 39.0 Å². The van der Waals surface area contributed by atoms with E-state index in [0.29, 0.717) is 5.69 Å². The molecule has 2 aliphatic rings. The van der Waals surface area contributed by atoms with Gasteiger partial charge in [-0.1, -0.05) is 18.2 Å². The third kappa shape index (κ3) is 3.07. The van der Waals surface area contributed by atoms with E-state index >= 15 is 0 Å². The van der Waals surface area contributed by atoms with Crippen LogP contribution in [0.4, 0.5) is 5.69 Å². The summed E-state index contributed by atoms with van der Waals surface area (Å²) in [5.41, 5.74) is 6.29. The number of piperazine rings is 1. The Balaban J connectivity index is 1.34. The number of rotatable bonds is 2. The lowest BCUT2D eigenvalue weighted by molar-refractivity contribution is 0.0740. The Morgan fingerprint density at radius 2 is 2.00 bits per heavy atom. The van der Waals surface area contributed by atoms with Crippen LogP contribution in [0.15, 0.2) is 38.3 Å². The average molecular weight is 475 g/mol. The number of H-pyrrole nitrogens is 1. The predicted octanol–water partition coefficient (Wildman–Crippen LogP) is 4.78. The van der Waals surface area contributed by atoms with Crippen molar-refractivity contribution in [3.8, 4) is 11.3 Å². The van der Waals surface area contributed by atoms with Gasteiger partial charge < -0.3 is 9.80 Å². The summed E-state index contributed by atoms with van der Waals surface area (Å²) in [6.45, 7) is 5.29. The summed E-state index contributed by atoms with van der Waals surface area (Å²) in [6, 6.07) is 10.5. The number of aromatic nitrogens is 2. The molecule has 1 amide bonds. The zero-order valence-electron chi connectivity index (χ0n) is 15.4. The normalized spacial score (nSPS) is 16.1. The van der Waals surface area contributed by atoms with Gasteiger partial charge >= 0.3 is 0 Å². The Morgan fingerprint density at radius 1 is 1.21 bits per heavy atom. The first-order chi connectivity index (χ1) is 13.6. The van der Waals surface area contributed by atoms with E-state index in [0.717, 1.165) is 52.5 Å². The zero-order valence-corrected chi connectivity index (χ0v) is 18.6. The molecule has 5 nitrogen and oxygen atoms in total. The van der Waals surface area contributed by atoms with Crippen molar-refractivity contribution in [2.45, 2.75) is 16.9 Å². The minimum Gasteiger partial charge on any atom is -0.368 e. The number of nitrogens with zero attached hydrogens (tertiary/aromatic N) is 3. The molecule has 1 saturated heterocycles. The van der Waals surface area contributed by atoms with Crippen molar-refractivity contribution in [1.29, 1.82) is 0 Å². The Hall–Kier alpha value is -1.77. The molecule has 5 rings (SSSR count). The number of aryl methyl sites for hydroxylation is 1. The number of nitrogens with one attached hydrogen (secondary N) is 1. The molecular weight excluding hydrogens is 456 g/mol. The lowest BCUT2D eigenvalue weighted by atomic mass is 10.1. The summed E-state index contributed by atoms with van der Waals surface area (Å²) in [6.07, 6.45) is 0. The van der Waals surface area contributed by atoms with Gasteiger partial charge in [0.05, 0.1) is 13.7 Å². The summed E-state index contributed by atoms with van der Waals surface area (Å²) in [5.74, 6) is 0.854. The van der Waals surface area contributed by atoms with Crippen LogP contribution < -0.4 is 4.90 Å². The second kappa shape index (κ2) is 7.24. The number of thiophene rings is 1. The molecule has 0 saturated carbocycles. The Morgan fingerprint density at radius 3 is 2.79 bits per heavy atom. The van der Waals surface area contributed by atoms with Gasteiger partial charge in [-0.25, -0.2) is 0 Å². The molecule has 2 aromatic heterocycles. The van der Waals surface area contributed by atoms with E-state index in [1.54, 1.807) is 23.1 Å². The predicted molar refractivity (Wildman–Crippen MR) is 118 cm³/mol. The fourth-order valence-electron chi connectivity index (χ4n) is 3.89. The van der Waals surface area contributed by atoms with Crippen molar-refractivity contribution in [1.82, 2.24) is 15.1 Å². The largest absolute Gasteiger partial charge is 0.368 e. The van der Waals surface area contributed by atoms with Crippen molar-refractivity contribution in [2.75, 3.05) is 31.1 Å². The van der Waals surface area contributed by atoms with Crippen molar-refractivity contribution >= 4 is 50.6 Å². The third-order valence-corrected chi connectivity index (χ3v) is 8.33. The highest BCUT2D eigenvalue weighted by Gasteiger charge is 2.31. The minimum atomic E-state index is 0.0662. The van der Waals surface area contributed by atoms with Crippen LogP contribution in [0.3, 0.4) is 0 Å². The number of anilines is 1. The maximum atomic E-state index is 13.2. The van der Waals surface area contributed by atoms with Crippen LogP contribution in [0.5, 0.6) is 0 Å². The number of hydrogen-bond donors (Lipinski definition) is 1. The Bertz CT molecular complexity index is 1050. The molecule has 28 heavy (non-hydrogen) atoms. The molecule has 0 bridgehead atoms. The van der Waals surface area contributed by atoms with Gasteiger partial charge in [-0.15, -0.1) is 23.1 Å². The number of hydrogen-bond acceptors (Lipinski definition) is 5. The van der Waals surface area contributed by atoms with Crippen LogP contribution in [0, 0.1) is 6.92 Å². The number of fused-ring (bicyclic) bond motifs is 3. The van der Waals surface area contributed by atoms with Crippen LogP contribution in [-0.4, -0.2) is 47.2 Å². The zero-order chi connectivity index (χ0) is 19.3. The molecule has 4 heterocycles. The smallest absolute Gasteiger partial charge is 0.272 e. The highest BCUT2D eigenvalue weighted by Crippen LogP contribution is 2.47. The number of halogens is 1. The molecule has 0 aliphatic carbocycles. The van der Waals surface area contributed by atoms with Crippen LogP contribution in [-0.2, 0) is 5.75 Å². The van der Waals surface area contributed by atoms with E-state index in [4.69, 9.17) is 0 Å². The number of benzene rings is 1. The second-order valence-corrected chi connectivity index (χ2v) is 10.7. The second-order valence-electron chi connectivity index (χ2n) is 7.03. The first-order valence-electron chi connectivity index (χ1n) is 9.21. The first-order valence-corrected chi connectivity index (χ1v) is 11.8. The van der Waals surface area contributed by atoms with Crippen molar-refractivity contribution in [2.24, 2.45) is 0 Å². The van der Waals surface area contributed by atoms with E-state index in [1.165, 1.54) is 15.5 Å². The number of carbonyl (C=O) groups is 1. The van der Waals surface area contributed by atoms with E-state index in [-0.39, 0.29) is 5.91 Å². The highest BCUT2D eigenvalue weighted by molar-refractivity contribution is 9.11. The van der Waals surface area contributed by atoms with Crippen LogP contribution in [0.2, 0.25) is 0 Å². The molecule has 0 radical (unpaired) electrons. The maximum Gasteiger partial charge on any atom is 0.272 e. The van der Waals surface area contributed by atoms with Crippen LogP contribution in [0.25, 0.3) is 11.3 Å². The summed E-state index contributed by atoms with van der Waals surface area (Å²) in [5, 5.41) is 7.53. The van der Waals surface area contributed by atoms with E-state index in [1.807, 2.05) is 4.90 Å². The molecular formula is C20H19BrN4OS2. The molecule has 144 valence electrons. The Labute approximate surface area is 180 Å². The van der Waals surface area contributed by atoms with Crippen molar-refractivity contribution in [3.05, 3.63) is 50.9 Å². The number of carbonyl (C=O) groups excluding carboxylic acids is 1. The van der Waals surface area contributed by atoms with Crippen LogP contribution in [0.1, 0.15) is 21.6 Å². The van der Waals surface area contributed by atoms with E-state index in [9.17, 15) is 4.79 Å². The molecule has 0 spiro atoms. The van der Waals surface area contributed by atoms with Gasteiger partial charge in [0.15, 0.2) is 0 Å². The average Bonchev–Trinajstić information content (AvgIpc) is 3.30. The quantitative estimate of drug-likeness (QED) is 0.580. The molecule has 0 atom stereocenters. The molecule has 3 aromatic rings. The van der Waals surface area contributed by atoms with Gasteiger partial charge in [-0.05, 0) is 40.5 Å². The van der Waals surface area contributed by atoms with Gasteiger partial charge in [-0.2, -0.15) is 5.10 Å². The summed E-state index contributed by atoms with van der Waals surface area (Å²) in [7, 11) is 0. The standard InChI is InChI=1S/C20H19BrN4OS2/c1-12-4-2-3-5-15(12)24-6-8-25(9-7-24)19(26)18-14-11-27-20-13(10-16(21)28-20)17(14)22-23-18/h2-5,10H,6-9,11H2,1H3,(H,22,23). The molecule has 2 aliphatic heterocycles. The molecule has 8 heteroatoms. The fraction of sp³-hybridized carbons (Fsp3) is 0.300. The highest BCUT2D eigenvalue weighted by atomic mass is 79.9. The van der Waals surface area contributed by atoms with Crippen molar-refractivity contribution < 1.29 is 4.79 Å². The van der Waals surface area contributed by atoms with Gasteiger partial charge in [0.2, 0.25) is 0 Å². The van der Waals surface area contributed by atoms with Gasteiger partial charge in [-0.3, -0.25) is 9.89 Å². The first kappa shape index (κ1) is 18.3. The molecule has 0 unspecified atom stereocenters. The maximum absolute atomic E-state index is 13.2. The topological polar surface area (TPSA) is 52.2 Å². The minimum absolute atomic E-state index is 0.0662. The molecule has 1 aromatic carbocycles. The van der Waals surface area contributed by atoms with E-state index in [2.05, 4.69) is 68.3 Å². The summed E-state index contributed by atoms with van der Waals surface area (Å²) >= 11 is 7.07. The van der Waals surface area contributed by atoms with Crippen molar-refractivity contribution in [3.63, 3.8) is 0 Å². The Kier molecular flexibility index (Phi) is 4.72. The number of amides is 1. The monoisotopic (exact) mass is 474 g/mol. The lowest BCUT2D eigenvalue weighted by Crippen LogP contribution is -2.49. The fourth-order valence-corrected chi connectivity index (χ4v) is 7.09. The third-order valence-electron chi connectivity index (χ3n) is 5.37. The number of thioether (sulfide) groups is 1. The summed E-state index contributed by atoms with van der Waals surface area (Å²) in [4.78, 5) is 17.5. The molecule has 1 N–H and O–H groups in total. The number of para-hydroxylation sites is 1. The van der Waals surface area contributed by atoms with E-state index < -0.39 is 0 Å². The molecule has 1 fully saturated rings. The van der Waals surface area contributed by atoms with Gasteiger partial charge in [0.25, 0.3) is 5.91 Å². The van der Waals surface area contributed by atoms with Gasteiger partial charge in [0, 0.05) is 48.7 Å².